The van der Waals surface area contributed by atoms with E-state index in [2.05, 4.69) is 35.1 Å². The predicted octanol–water partition coefficient (Wildman–Crippen LogP) is 0.121. The molecule has 0 aliphatic carbocycles. The summed E-state index contributed by atoms with van der Waals surface area (Å²) in [7, 11) is 0. The van der Waals surface area contributed by atoms with Crippen molar-refractivity contribution < 1.29 is 4.74 Å². The lowest BCUT2D eigenvalue weighted by Crippen LogP contribution is -2.37. The Kier molecular flexibility index (Phi) is 3.11. The van der Waals surface area contributed by atoms with E-state index in [-0.39, 0.29) is 0 Å². The number of nitrogens with zero attached hydrogens (tertiary/aromatic N) is 8. The summed E-state index contributed by atoms with van der Waals surface area (Å²) in [5.41, 5.74) is 2.24. The number of aryl methyl sites for hydroxylation is 1. The quantitative estimate of drug-likeness (QED) is 0.658. The second kappa shape index (κ2) is 5.26. The Morgan fingerprint density at radius 3 is 2.86 bits per heavy atom. The van der Waals surface area contributed by atoms with Gasteiger partial charge in [0, 0.05) is 19.3 Å². The Balaban J connectivity index is 1.76. The molecule has 0 radical (unpaired) electrons. The van der Waals surface area contributed by atoms with E-state index in [0.717, 1.165) is 24.5 Å². The van der Waals surface area contributed by atoms with Crippen molar-refractivity contribution in [3.63, 3.8) is 0 Å². The molecule has 4 rings (SSSR count). The molecule has 22 heavy (non-hydrogen) atoms. The fourth-order valence-electron chi connectivity index (χ4n) is 2.44. The number of anilines is 1. The van der Waals surface area contributed by atoms with Crippen LogP contribution in [0, 0.1) is 6.92 Å². The van der Waals surface area contributed by atoms with Crippen LogP contribution in [-0.4, -0.2) is 61.1 Å². The number of morpholine rings is 1. The first kappa shape index (κ1) is 13.0. The van der Waals surface area contributed by atoms with Gasteiger partial charge in [0.15, 0.2) is 0 Å². The van der Waals surface area contributed by atoms with Crippen LogP contribution in [0.3, 0.4) is 0 Å². The molecular formula is C13H14N8O. The molecule has 0 N–H and O–H groups in total. The monoisotopic (exact) mass is 298 g/mol. The third-order valence-electron chi connectivity index (χ3n) is 3.61. The SMILES string of the molecule is Cc1c(-c2ccnc(N3CCOCC3)n2)nnc2ncnn12. The topological polar surface area (TPSA) is 94.2 Å². The summed E-state index contributed by atoms with van der Waals surface area (Å²) < 4.78 is 7.01. The maximum absolute atomic E-state index is 5.36. The molecule has 4 heterocycles. The zero-order valence-corrected chi connectivity index (χ0v) is 12.0. The van der Waals surface area contributed by atoms with Crippen molar-refractivity contribution in [1.29, 1.82) is 0 Å². The fraction of sp³-hybridized carbons (Fsp3) is 0.385. The van der Waals surface area contributed by atoms with E-state index in [9.17, 15) is 0 Å². The number of aromatic nitrogens is 7. The van der Waals surface area contributed by atoms with Gasteiger partial charge in [-0.1, -0.05) is 0 Å². The maximum atomic E-state index is 5.36. The van der Waals surface area contributed by atoms with Crippen molar-refractivity contribution in [2.24, 2.45) is 0 Å². The molecule has 0 unspecified atom stereocenters. The van der Waals surface area contributed by atoms with Crippen LogP contribution in [-0.2, 0) is 4.74 Å². The van der Waals surface area contributed by atoms with Gasteiger partial charge < -0.3 is 9.64 Å². The largest absolute Gasteiger partial charge is 0.378 e. The van der Waals surface area contributed by atoms with Gasteiger partial charge in [-0.15, -0.1) is 10.2 Å². The minimum atomic E-state index is 0.476. The van der Waals surface area contributed by atoms with Crippen LogP contribution in [0.5, 0.6) is 0 Å². The maximum Gasteiger partial charge on any atom is 0.271 e. The molecule has 0 spiro atoms. The first-order valence-electron chi connectivity index (χ1n) is 7.02. The molecule has 1 fully saturated rings. The van der Waals surface area contributed by atoms with Crippen LogP contribution in [0.25, 0.3) is 17.2 Å². The number of fused-ring (bicyclic) bond motifs is 1. The highest BCUT2D eigenvalue weighted by Gasteiger charge is 2.16. The number of rotatable bonds is 2. The predicted molar refractivity (Wildman–Crippen MR) is 77.4 cm³/mol. The van der Waals surface area contributed by atoms with Crippen molar-refractivity contribution >= 4 is 11.7 Å². The Hall–Kier alpha value is -2.68. The van der Waals surface area contributed by atoms with E-state index in [0.29, 0.717) is 30.6 Å². The Bertz CT molecular complexity index is 811. The minimum Gasteiger partial charge on any atom is -0.378 e. The molecule has 1 aliphatic heterocycles. The number of hydrogen-bond acceptors (Lipinski definition) is 8. The van der Waals surface area contributed by atoms with Gasteiger partial charge in [0.1, 0.15) is 12.0 Å². The average molecular weight is 298 g/mol. The highest BCUT2D eigenvalue weighted by molar-refractivity contribution is 5.58. The lowest BCUT2D eigenvalue weighted by Gasteiger charge is -2.26. The normalized spacial score (nSPS) is 15.4. The Labute approximate surface area is 126 Å². The lowest BCUT2D eigenvalue weighted by atomic mass is 10.2. The van der Waals surface area contributed by atoms with Crippen molar-refractivity contribution in [2.45, 2.75) is 6.92 Å². The third kappa shape index (κ3) is 2.15. The van der Waals surface area contributed by atoms with E-state index < -0.39 is 0 Å². The summed E-state index contributed by atoms with van der Waals surface area (Å²) in [6.07, 6.45) is 3.19. The molecule has 0 saturated carbocycles. The zero-order valence-electron chi connectivity index (χ0n) is 12.0. The Morgan fingerprint density at radius 2 is 2.00 bits per heavy atom. The van der Waals surface area contributed by atoms with E-state index in [1.165, 1.54) is 6.33 Å². The van der Waals surface area contributed by atoms with Crippen LogP contribution < -0.4 is 4.90 Å². The van der Waals surface area contributed by atoms with Gasteiger partial charge >= 0.3 is 0 Å². The van der Waals surface area contributed by atoms with Crippen LogP contribution in [0.1, 0.15) is 5.69 Å². The molecule has 0 amide bonds. The summed E-state index contributed by atoms with van der Waals surface area (Å²) in [5.74, 6) is 1.16. The minimum absolute atomic E-state index is 0.476. The molecule has 1 saturated heterocycles. The molecule has 112 valence electrons. The standard InChI is InChI=1S/C13H14N8O/c1-9-11(18-19-13-15-8-16-21(9)13)10-2-3-14-12(17-10)20-4-6-22-7-5-20/h2-3,8H,4-7H2,1H3. The van der Waals surface area contributed by atoms with Gasteiger partial charge in [-0.05, 0) is 13.0 Å². The Morgan fingerprint density at radius 1 is 1.14 bits per heavy atom. The van der Waals surface area contributed by atoms with Gasteiger partial charge in [-0.25, -0.2) is 9.97 Å². The average Bonchev–Trinajstić information content (AvgIpc) is 3.06. The van der Waals surface area contributed by atoms with E-state index >= 15 is 0 Å². The summed E-state index contributed by atoms with van der Waals surface area (Å²) in [5, 5.41) is 12.4. The highest BCUT2D eigenvalue weighted by atomic mass is 16.5. The lowest BCUT2D eigenvalue weighted by molar-refractivity contribution is 0.122. The van der Waals surface area contributed by atoms with E-state index in [4.69, 9.17) is 4.74 Å². The van der Waals surface area contributed by atoms with Crippen LogP contribution in [0.15, 0.2) is 18.6 Å². The second-order valence-electron chi connectivity index (χ2n) is 4.95. The first-order chi connectivity index (χ1) is 10.8. The van der Waals surface area contributed by atoms with Crippen LogP contribution >= 0.6 is 0 Å². The second-order valence-corrected chi connectivity index (χ2v) is 4.95. The summed E-state index contributed by atoms with van der Waals surface area (Å²) in [6, 6.07) is 1.82. The zero-order chi connectivity index (χ0) is 14.9. The van der Waals surface area contributed by atoms with Gasteiger partial charge in [0.25, 0.3) is 5.78 Å². The fourth-order valence-corrected chi connectivity index (χ4v) is 2.44. The van der Waals surface area contributed by atoms with Gasteiger partial charge in [-0.2, -0.15) is 14.6 Å². The number of hydrogen-bond donors (Lipinski definition) is 0. The van der Waals surface area contributed by atoms with Gasteiger partial charge in [0.2, 0.25) is 5.95 Å². The van der Waals surface area contributed by atoms with Crippen LogP contribution in [0.2, 0.25) is 0 Å². The van der Waals surface area contributed by atoms with Gasteiger partial charge in [0.05, 0.1) is 24.6 Å². The van der Waals surface area contributed by atoms with Crippen molar-refractivity contribution in [2.75, 3.05) is 31.2 Å². The van der Waals surface area contributed by atoms with Gasteiger partial charge in [-0.3, -0.25) is 0 Å². The molecule has 0 atom stereocenters. The number of ether oxygens (including phenoxy) is 1. The molecule has 1 aliphatic rings. The molecule has 9 nitrogen and oxygen atoms in total. The van der Waals surface area contributed by atoms with E-state index in [1.54, 1.807) is 10.7 Å². The molecule has 0 aromatic carbocycles. The van der Waals surface area contributed by atoms with Crippen molar-refractivity contribution in [3.05, 3.63) is 24.3 Å². The summed E-state index contributed by atoms with van der Waals surface area (Å²) in [4.78, 5) is 15.1. The molecule has 0 bridgehead atoms. The molecule has 3 aromatic rings. The smallest absolute Gasteiger partial charge is 0.271 e. The molecular weight excluding hydrogens is 284 g/mol. The van der Waals surface area contributed by atoms with Crippen molar-refractivity contribution in [1.82, 2.24) is 34.8 Å². The van der Waals surface area contributed by atoms with Crippen LogP contribution in [0.4, 0.5) is 5.95 Å². The first-order valence-corrected chi connectivity index (χ1v) is 7.02. The molecule has 3 aromatic heterocycles. The highest BCUT2D eigenvalue weighted by Crippen LogP contribution is 2.20. The third-order valence-corrected chi connectivity index (χ3v) is 3.61. The summed E-state index contributed by atoms with van der Waals surface area (Å²) in [6.45, 7) is 4.88. The molecule has 9 heteroatoms. The van der Waals surface area contributed by atoms with E-state index in [1.807, 2.05) is 13.0 Å². The summed E-state index contributed by atoms with van der Waals surface area (Å²) >= 11 is 0. The van der Waals surface area contributed by atoms with Crippen molar-refractivity contribution in [3.8, 4) is 11.4 Å².